The van der Waals surface area contributed by atoms with Crippen molar-refractivity contribution in [2.24, 2.45) is 0 Å². The summed E-state index contributed by atoms with van der Waals surface area (Å²) in [6.07, 6.45) is 9.67. The minimum absolute atomic E-state index is 0.741. The summed E-state index contributed by atoms with van der Waals surface area (Å²) in [7, 11) is -6.31. The highest BCUT2D eigenvalue weighted by molar-refractivity contribution is 7.96. The molecule has 0 bridgehead atoms. The Balaban J connectivity index is 0.000000523. The van der Waals surface area contributed by atoms with Crippen LogP contribution in [0.4, 0.5) is 0 Å². The average molecular weight is 471 g/mol. The smallest absolute Gasteiger partial charge is 0.303 e. The molecule has 0 aliphatic heterocycles. The predicted octanol–water partition coefficient (Wildman–Crippen LogP) is 5.16. The second kappa shape index (κ2) is 11.9. The topological polar surface area (TPSA) is 77.8 Å². The molecule has 0 saturated heterocycles. The molecule has 1 aliphatic rings. The van der Waals surface area contributed by atoms with E-state index in [1.165, 1.54) is 44.9 Å². The molecule has 4 nitrogen and oxygen atoms in total. The van der Waals surface area contributed by atoms with E-state index in [1.807, 2.05) is 0 Å². The van der Waals surface area contributed by atoms with Crippen molar-refractivity contribution in [1.82, 2.24) is 0 Å². The summed E-state index contributed by atoms with van der Waals surface area (Å²) in [5, 5.41) is 4.65. The van der Waals surface area contributed by atoms with E-state index < -0.39 is 15.1 Å². The van der Waals surface area contributed by atoms with Crippen LogP contribution in [0.25, 0.3) is 0 Å². The molecule has 1 aliphatic carbocycles. The highest BCUT2D eigenvalue weighted by Crippen LogP contribution is 2.62. The molecule has 0 unspecified atom stereocenters. The van der Waals surface area contributed by atoms with Crippen LogP contribution in [-0.2, 0) is 4.57 Å². The summed E-state index contributed by atoms with van der Waals surface area (Å²) < 4.78 is 8.88. The van der Waals surface area contributed by atoms with Crippen LogP contribution < -0.4 is 15.9 Å². The summed E-state index contributed by atoms with van der Waals surface area (Å²) in [6, 6.07) is 34.3. The summed E-state index contributed by atoms with van der Waals surface area (Å²) in [6.45, 7) is 0. The van der Waals surface area contributed by atoms with Gasteiger partial charge in [-0.05, 0) is 62.1 Å². The first-order valence-electron chi connectivity index (χ1n) is 11.3. The van der Waals surface area contributed by atoms with Gasteiger partial charge in [0.25, 0.3) is 0 Å². The molecular weight excluding hydrogens is 438 g/mol. The van der Waals surface area contributed by atoms with Crippen molar-refractivity contribution in [3.8, 4) is 0 Å². The number of hydrogen-bond acceptors (Lipinski definition) is 1. The highest BCUT2D eigenvalue weighted by atomic mass is 31.2. The summed E-state index contributed by atoms with van der Waals surface area (Å²) in [4.78, 5) is 21.6. The molecular formula is C26H33O4P2+. The Morgan fingerprint density at radius 3 is 1.16 bits per heavy atom. The van der Waals surface area contributed by atoms with Crippen LogP contribution in [0.3, 0.4) is 0 Å². The number of phosphoric acid groups is 1. The van der Waals surface area contributed by atoms with Crippen molar-refractivity contribution in [3.63, 3.8) is 0 Å². The third kappa shape index (κ3) is 6.61. The Morgan fingerprint density at radius 2 is 0.844 bits per heavy atom. The van der Waals surface area contributed by atoms with Crippen molar-refractivity contribution >= 4 is 31.0 Å². The number of rotatable bonds is 4. The predicted molar refractivity (Wildman–Crippen MR) is 136 cm³/mol. The van der Waals surface area contributed by atoms with Gasteiger partial charge in [-0.1, -0.05) is 73.9 Å². The lowest BCUT2D eigenvalue weighted by Crippen LogP contribution is -2.39. The molecule has 0 heterocycles. The maximum Gasteiger partial charge on any atom is 0.466 e. The first-order valence-corrected chi connectivity index (χ1v) is 14.7. The van der Waals surface area contributed by atoms with Crippen LogP contribution in [0, 0.1) is 0 Å². The van der Waals surface area contributed by atoms with Gasteiger partial charge in [0, 0.05) is 0 Å². The number of benzene rings is 3. The van der Waals surface area contributed by atoms with Crippen LogP contribution in [0.2, 0.25) is 0 Å². The second-order valence-electron chi connectivity index (χ2n) is 8.24. The van der Waals surface area contributed by atoms with Crippen molar-refractivity contribution in [1.29, 1.82) is 0 Å². The van der Waals surface area contributed by atoms with Crippen molar-refractivity contribution in [3.05, 3.63) is 91.0 Å². The zero-order valence-electron chi connectivity index (χ0n) is 18.3. The molecule has 0 amide bonds. The minimum atomic E-state index is -4.64. The van der Waals surface area contributed by atoms with Gasteiger partial charge in [0.15, 0.2) is 0 Å². The Kier molecular flexibility index (Phi) is 9.22. The van der Waals surface area contributed by atoms with Gasteiger partial charge in [-0.3, -0.25) is 0 Å². The lowest BCUT2D eigenvalue weighted by molar-refractivity contribution is 0.275. The molecule has 0 spiro atoms. The van der Waals surface area contributed by atoms with Crippen LogP contribution in [0.15, 0.2) is 91.0 Å². The van der Waals surface area contributed by atoms with Crippen molar-refractivity contribution in [2.75, 3.05) is 0 Å². The van der Waals surface area contributed by atoms with Crippen LogP contribution >= 0.6 is 15.1 Å². The van der Waals surface area contributed by atoms with Gasteiger partial charge in [0.05, 0.1) is 5.66 Å². The summed E-state index contributed by atoms with van der Waals surface area (Å²) >= 11 is 0. The Hall–Kier alpha value is -1.80. The molecule has 170 valence electrons. The van der Waals surface area contributed by atoms with Gasteiger partial charge in [-0.2, -0.15) is 0 Å². The van der Waals surface area contributed by atoms with Gasteiger partial charge < -0.3 is 14.7 Å². The zero-order valence-corrected chi connectivity index (χ0v) is 20.1. The molecule has 0 aromatic heterocycles. The number of hydrogen-bond donors (Lipinski definition) is 3. The fourth-order valence-electron chi connectivity index (χ4n) is 4.89. The normalized spacial score (nSPS) is 15.7. The van der Waals surface area contributed by atoms with Gasteiger partial charge in [0.2, 0.25) is 0 Å². The first-order chi connectivity index (χ1) is 15.4. The second-order valence-corrected chi connectivity index (χ2v) is 13.0. The van der Waals surface area contributed by atoms with Crippen LogP contribution in [0.1, 0.15) is 44.9 Å². The molecule has 1 saturated carbocycles. The molecule has 0 radical (unpaired) electrons. The minimum Gasteiger partial charge on any atom is -0.303 e. The Morgan fingerprint density at radius 1 is 0.562 bits per heavy atom. The lowest BCUT2D eigenvalue weighted by atomic mass is 10.0. The van der Waals surface area contributed by atoms with E-state index in [0.717, 1.165) is 5.66 Å². The highest BCUT2D eigenvalue weighted by Gasteiger charge is 2.51. The molecule has 4 rings (SSSR count). The summed E-state index contributed by atoms with van der Waals surface area (Å²) in [5.74, 6) is 0. The Labute approximate surface area is 191 Å². The maximum absolute atomic E-state index is 8.88. The maximum atomic E-state index is 8.88. The van der Waals surface area contributed by atoms with Gasteiger partial charge >= 0.3 is 7.82 Å². The molecule has 3 aromatic rings. The molecule has 3 aromatic carbocycles. The quantitative estimate of drug-likeness (QED) is 0.459. The van der Waals surface area contributed by atoms with Crippen molar-refractivity contribution in [2.45, 2.75) is 50.6 Å². The molecule has 1 fully saturated rings. The van der Waals surface area contributed by atoms with E-state index in [2.05, 4.69) is 91.0 Å². The molecule has 0 atom stereocenters. The zero-order chi connectivity index (χ0) is 22.9. The van der Waals surface area contributed by atoms with Gasteiger partial charge in [-0.15, -0.1) is 0 Å². The SMILES string of the molecule is O=P(O)(O)O.c1ccc([P+](c2ccccc2)(c2ccccc2)C2CCCCCCC2)cc1. The molecule has 6 heteroatoms. The van der Waals surface area contributed by atoms with Gasteiger partial charge in [0.1, 0.15) is 23.2 Å². The summed E-state index contributed by atoms with van der Waals surface area (Å²) in [5.41, 5.74) is 0.741. The van der Waals surface area contributed by atoms with E-state index in [-0.39, 0.29) is 0 Å². The molecule has 3 N–H and O–H groups in total. The average Bonchev–Trinajstić information content (AvgIpc) is 2.76. The fourth-order valence-corrected chi connectivity index (χ4v) is 10.1. The van der Waals surface area contributed by atoms with E-state index in [0.29, 0.717) is 0 Å². The monoisotopic (exact) mass is 471 g/mol. The lowest BCUT2D eigenvalue weighted by Gasteiger charge is -2.35. The third-order valence-electron chi connectivity index (χ3n) is 6.11. The molecule has 32 heavy (non-hydrogen) atoms. The van der Waals surface area contributed by atoms with E-state index >= 15 is 0 Å². The van der Waals surface area contributed by atoms with E-state index in [1.54, 1.807) is 15.9 Å². The Bertz CT molecular complexity index is 862. The fraction of sp³-hybridized carbons (Fsp3) is 0.308. The standard InChI is InChI=1S/C26H30P.H3O4P/c1-2-7-15-23(16-8-3-1)27(24-17-9-4-10-18-24,25-19-11-5-12-20-25)26-21-13-6-14-22-26;1-5(2,3)4/h4-6,9-14,17-23H,1-3,7-8,15-16H2;(H3,1,2,3,4)/q+1;. The van der Waals surface area contributed by atoms with Gasteiger partial charge in [-0.25, -0.2) is 4.57 Å². The largest absolute Gasteiger partial charge is 0.466 e. The van der Waals surface area contributed by atoms with E-state index in [4.69, 9.17) is 19.2 Å². The van der Waals surface area contributed by atoms with Crippen LogP contribution in [-0.4, -0.2) is 20.3 Å². The van der Waals surface area contributed by atoms with Crippen LogP contribution in [0.5, 0.6) is 0 Å². The van der Waals surface area contributed by atoms with Crippen molar-refractivity contribution < 1.29 is 19.2 Å². The van der Waals surface area contributed by atoms with E-state index in [9.17, 15) is 0 Å². The first kappa shape index (κ1) is 24.8. The third-order valence-corrected chi connectivity index (χ3v) is 11.1.